The second kappa shape index (κ2) is 7.64. The van der Waals surface area contributed by atoms with Gasteiger partial charge < -0.3 is 19.0 Å². The monoisotopic (exact) mass is 380 g/mol. The van der Waals surface area contributed by atoms with Crippen LogP contribution < -0.4 is 0 Å². The number of aromatic nitrogens is 2. The molecule has 0 unspecified atom stereocenters. The molecule has 1 N–H and O–H groups in total. The topological polar surface area (TPSA) is 73.3 Å². The van der Waals surface area contributed by atoms with Crippen molar-refractivity contribution >= 4 is 22.7 Å². The Morgan fingerprint density at radius 1 is 1.25 bits per heavy atom. The van der Waals surface area contributed by atoms with Gasteiger partial charge in [-0.25, -0.2) is 4.79 Å². The van der Waals surface area contributed by atoms with Crippen LogP contribution in [0.4, 0.5) is 0 Å². The van der Waals surface area contributed by atoms with Crippen molar-refractivity contribution in [1.29, 1.82) is 0 Å². The summed E-state index contributed by atoms with van der Waals surface area (Å²) < 4.78 is 13.1. The Balaban J connectivity index is 1.44. The van der Waals surface area contributed by atoms with Gasteiger partial charge in [0.05, 0.1) is 11.7 Å². The summed E-state index contributed by atoms with van der Waals surface area (Å²) in [5.74, 6) is -0.696. The fraction of sp³-hybridized carbons (Fsp3) is 0.364. The summed E-state index contributed by atoms with van der Waals surface area (Å²) in [5.41, 5.74) is 3.80. The molecule has 0 aliphatic carbocycles. The summed E-state index contributed by atoms with van der Waals surface area (Å²) in [4.78, 5) is 28.1. The van der Waals surface area contributed by atoms with Crippen LogP contribution in [0.5, 0.6) is 0 Å². The molecule has 0 spiro atoms. The van der Waals surface area contributed by atoms with E-state index >= 15 is 0 Å². The standard InChI is InChI=1S/C22H24N2O4/c1-14-10-18(15(2)24(14)12-16-6-5-9-27-16)21(25)13-28-22(26)19-11-23-20-8-4-3-7-17(19)20/h3-4,7-8,10-11,16,23H,5-6,9,12-13H2,1-2H3/t16-/m1/s1. The number of nitrogens with zero attached hydrogens (tertiary/aromatic N) is 1. The summed E-state index contributed by atoms with van der Waals surface area (Å²) in [5, 5.41) is 0.787. The van der Waals surface area contributed by atoms with Crippen LogP contribution in [0.1, 0.15) is 44.9 Å². The summed E-state index contributed by atoms with van der Waals surface area (Å²) in [7, 11) is 0. The molecule has 3 aromatic rings. The van der Waals surface area contributed by atoms with Gasteiger partial charge >= 0.3 is 5.97 Å². The number of carbonyl (C=O) groups is 2. The van der Waals surface area contributed by atoms with Crippen molar-refractivity contribution in [3.63, 3.8) is 0 Å². The largest absolute Gasteiger partial charge is 0.454 e. The van der Waals surface area contributed by atoms with Crippen molar-refractivity contribution in [2.45, 2.75) is 39.3 Å². The molecule has 0 radical (unpaired) electrons. The van der Waals surface area contributed by atoms with Crippen LogP contribution in [0.25, 0.3) is 10.9 Å². The highest BCUT2D eigenvalue weighted by Crippen LogP contribution is 2.22. The van der Waals surface area contributed by atoms with E-state index in [4.69, 9.17) is 9.47 Å². The molecule has 6 nitrogen and oxygen atoms in total. The van der Waals surface area contributed by atoms with E-state index in [1.54, 1.807) is 6.20 Å². The number of carbonyl (C=O) groups excluding carboxylic acids is 2. The maximum atomic E-state index is 12.7. The number of hydrogen-bond acceptors (Lipinski definition) is 4. The van der Waals surface area contributed by atoms with E-state index in [1.165, 1.54) is 0 Å². The van der Waals surface area contributed by atoms with E-state index in [9.17, 15) is 9.59 Å². The lowest BCUT2D eigenvalue weighted by atomic mass is 10.1. The second-order valence-electron chi connectivity index (χ2n) is 7.28. The Hall–Kier alpha value is -2.86. The lowest BCUT2D eigenvalue weighted by molar-refractivity contribution is 0.0476. The fourth-order valence-electron chi connectivity index (χ4n) is 3.88. The number of Topliss-reactive ketones (excluding diaryl/α,β-unsaturated/α-hetero) is 1. The quantitative estimate of drug-likeness (QED) is 0.521. The van der Waals surface area contributed by atoms with Crippen LogP contribution in [0, 0.1) is 13.8 Å². The van der Waals surface area contributed by atoms with Crippen molar-refractivity contribution in [2.75, 3.05) is 13.2 Å². The number of hydrogen-bond donors (Lipinski definition) is 1. The van der Waals surface area contributed by atoms with Crippen LogP contribution in [-0.4, -0.2) is 40.6 Å². The third kappa shape index (κ3) is 3.47. The maximum absolute atomic E-state index is 12.7. The minimum absolute atomic E-state index is 0.195. The predicted octanol–water partition coefficient (Wildman–Crippen LogP) is 3.80. The number of para-hydroxylation sites is 1. The molecular weight excluding hydrogens is 356 g/mol. The van der Waals surface area contributed by atoms with Gasteiger partial charge in [-0.15, -0.1) is 0 Å². The first-order valence-electron chi connectivity index (χ1n) is 9.59. The Morgan fingerprint density at radius 2 is 2.07 bits per heavy atom. The van der Waals surface area contributed by atoms with Crippen LogP contribution in [0.3, 0.4) is 0 Å². The zero-order valence-electron chi connectivity index (χ0n) is 16.2. The van der Waals surface area contributed by atoms with E-state index < -0.39 is 5.97 Å². The first-order chi connectivity index (χ1) is 13.5. The van der Waals surface area contributed by atoms with Gasteiger partial charge in [-0.3, -0.25) is 4.79 Å². The van der Waals surface area contributed by atoms with Gasteiger partial charge in [-0.2, -0.15) is 0 Å². The van der Waals surface area contributed by atoms with E-state index in [0.29, 0.717) is 11.1 Å². The van der Waals surface area contributed by atoms with Gasteiger partial charge in [0.25, 0.3) is 0 Å². The number of fused-ring (bicyclic) bond motifs is 1. The lowest BCUT2D eigenvalue weighted by Crippen LogP contribution is -2.18. The molecule has 0 saturated carbocycles. The number of esters is 1. The van der Waals surface area contributed by atoms with Crippen molar-refractivity contribution in [3.8, 4) is 0 Å². The van der Waals surface area contributed by atoms with Gasteiger partial charge in [0, 0.05) is 47.2 Å². The van der Waals surface area contributed by atoms with Crippen molar-refractivity contribution in [2.24, 2.45) is 0 Å². The molecule has 28 heavy (non-hydrogen) atoms. The zero-order chi connectivity index (χ0) is 19.7. The van der Waals surface area contributed by atoms with Crippen LogP contribution in [0.15, 0.2) is 36.5 Å². The summed E-state index contributed by atoms with van der Waals surface area (Å²) in [6.07, 6.45) is 3.94. The van der Waals surface area contributed by atoms with Crippen molar-refractivity contribution in [3.05, 3.63) is 59.0 Å². The van der Waals surface area contributed by atoms with Crippen LogP contribution in [0.2, 0.25) is 0 Å². The van der Waals surface area contributed by atoms with Crippen LogP contribution >= 0.6 is 0 Å². The molecule has 0 amide bonds. The third-order valence-electron chi connectivity index (χ3n) is 5.43. The molecule has 3 heterocycles. The Morgan fingerprint density at radius 3 is 2.86 bits per heavy atom. The van der Waals surface area contributed by atoms with Gasteiger partial charge in [0.2, 0.25) is 5.78 Å². The highest BCUT2D eigenvalue weighted by atomic mass is 16.5. The number of H-pyrrole nitrogens is 1. The van der Waals surface area contributed by atoms with Crippen molar-refractivity contribution in [1.82, 2.24) is 9.55 Å². The van der Waals surface area contributed by atoms with E-state index in [2.05, 4.69) is 9.55 Å². The molecule has 4 rings (SSSR count). The van der Waals surface area contributed by atoms with Crippen molar-refractivity contribution < 1.29 is 19.1 Å². The molecule has 1 aliphatic rings. The Kier molecular flexibility index (Phi) is 5.05. The van der Waals surface area contributed by atoms with E-state index in [0.717, 1.165) is 48.3 Å². The number of aryl methyl sites for hydroxylation is 1. The first-order valence-corrected chi connectivity index (χ1v) is 9.59. The van der Waals surface area contributed by atoms with E-state index in [1.807, 2.05) is 44.2 Å². The smallest absolute Gasteiger partial charge is 0.340 e. The van der Waals surface area contributed by atoms with Crippen LogP contribution in [-0.2, 0) is 16.0 Å². The molecule has 1 atom stereocenters. The molecule has 146 valence electrons. The predicted molar refractivity (Wildman–Crippen MR) is 106 cm³/mol. The Bertz CT molecular complexity index is 1020. The average molecular weight is 380 g/mol. The molecule has 1 aliphatic heterocycles. The minimum Gasteiger partial charge on any atom is -0.454 e. The molecule has 1 aromatic carbocycles. The number of nitrogens with one attached hydrogen (secondary N) is 1. The number of ether oxygens (including phenoxy) is 2. The minimum atomic E-state index is -0.501. The normalized spacial score (nSPS) is 16.6. The number of rotatable bonds is 6. The molecule has 2 aromatic heterocycles. The lowest BCUT2D eigenvalue weighted by Gasteiger charge is -2.14. The zero-order valence-corrected chi connectivity index (χ0v) is 16.2. The second-order valence-corrected chi connectivity index (χ2v) is 7.28. The molecule has 0 bridgehead atoms. The highest BCUT2D eigenvalue weighted by molar-refractivity contribution is 6.05. The molecule has 6 heteroatoms. The SMILES string of the molecule is Cc1cc(C(=O)COC(=O)c2c[nH]c3ccccc23)c(C)n1C[C@H]1CCCO1. The highest BCUT2D eigenvalue weighted by Gasteiger charge is 2.22. The molecular formula is C22H24N2O4. The van der Waals surface area contributed by atoms with Gasteiger partial charge in [-0.1, -0.05) is 18.2 Å². The molecule has 1 saturated heterocycles. The van der Waals surface area contributed by atoms with Gasteiger partial charge in [0.1, 0.15) is 0 Å². The molecule has 1 fully saturated rings. The Labute approximate surface area is 163 Å². The van der Waals surface area contributed by atoms with E-state index in [-0.39, 0.29) is 18.5 Å². The number of ketones is 1. The summed E-state index contributed by atoms with van der Waals surface area (Å²) in [6, 6.07) is 9.36. The average Bonchev–Trinajstić information content (AvgIpc) is 3.42. The van der Waals surface area contributed by atoms with Gasteiger partial charge in [-0.05, 0) is 38.8 Å². The third-order valence-corrected chi connectivity index (χ3v) is 5.43. The maximum Gasteiger partial charge on any atom is 0.340 e. The summed E-state index contributed by atoms with van der Waals surface area (Å²) in [6.45, 7) is 5.19. The summed E-state index contributed by atoms with van der Waals surface area (Å²) >= 11 is 0. The van der Waals surface area contributed by atoms with Gasteiger partial charge in [0.15, 0.2) is 6.61 Å². The number of aromatic amines is 1. The first kappa shape index (κ1) is 18.5. The fourth-order valence-corrected chi connectivity index (χ4v) is 3.88. The number of benzene rings is 1.